The van der Waals surface area contributed by atoms with Crippen LogP contribution in [0.1, 0.15) is 0 Å². The van der Waals surface area contributed by atoms with Gasteiger partial charge in [0.15, 0.2) is 0 Å². The first-order chi connectivity index (χ1) is 6.54. The summed E-state index contributed by atoms with van der Waals surface area (Å²) in [6.07, 6.45) is 0. The summed E-state index contributed by atoms with van der Waals surface area (Å²) >= 11 is 11.2. The highest BCUT2D eigenvalue weighted by atomic mass is 35.5. The predicted octanol–water partition coefficient (Wildman–Crippen LogP) is 4.32. The number of aromatic amines is 1. The smallest absolute Gasteiger partial charge is 0.310 e. The van der Waals surface area contributed by atoms with E-state index in [1.165, 1.54) is 0 Å². The normalized spacial score (nSPS) is 12.2. The van der Waals surface area contributed by atoms with Gasteiger partial charge in [0, 0.05) is 10.9 Å². The molecule has 1 aromatic carbocycles. The molecule has 0 aliphatic heterocycles. The number of hydrogen-bond acceptors (Lipinski definition) is 1. The molecular formula is C9H6Cl2FNS. The SMILES string of the molecule is FC(Cl)(Cl)Sc1cc2ccccc2[nH]1. The van der Waals surface area contributed by atoms with E-state index in [1.54, 1.807) is 6.07 Å². The Hall–Kier alpha value is -0.380. The summed E-state index contributed by atoms with van der Waals surface area (Å²) in [5, 5.41) is 1.62. The first-order valence-corrected chi connectivity index (χ1v) is 5.45. The molecule has 0 aliphatic rings. The topological polar surface area (TPSA) is 15.8 Å². The molecule has 14 heavy (non-hydrogen) atoms. The molecule has 0 bridgehead atoms. The second-order valence-electron chi connectivity index (χ2n) is 2.77. The lowest BCUT2D eigenvalue weighted by molar-refractivity contribution is 0.515. The number of hydrogen-bond donors (Lipinski definition) is 1. The Kier molecular flexibility index (Phi) is 2.64. The van der Waals surface area contributed by atoms with E-state index in [9.17, 15) is 4.39 Å². The molecule has 0 fully saturated rings. The molecule has 74 valence electrons. The minimum Gasteiger partial charge on any atom is -0.350 e. The van der Waals surface area contributed by atoms with Crippen LogP contribution in [0.2, 0.25) is 0 Å². The van der Waals surface area contributed by atoms with Crippen molar-refractivity contribution in [1.29, 1.82) is 0 Å². The Morgan fingerprint density at radius 1 is 1.29 bits per heavy atom. The van der Waals surface area contributed by atoms with Gasteiger partial charge in [-0.05, 0) is 23.9 Å². The third-order valence-electron chi connectivity index (χ3n) is 1.73. The summed E-state index contributed by atoms with van der Waals surface area (Å²) in [6.45, 7) is 0. The summed E-state index contributed by atoms with van der Waals surface area (Å²) in [6, 6.07) is 9.45. The maximum atomic E-state index is 12.9. The number of alkyl halides is 3. The number of fused-ring (bicyclic) bond motifs is 1. The highest BCUT2D eigenvalue weighted by molar-refractivity contribution is 8.03. The Labute approximate surface area is 94.6 Å². The maximum Gasteiger partial charge on any atom is 0.310 e. The maximum absolute atomic E-state index is 12.9. The van der Waals surface area contributed by atoms with Gasteiger partial charge in [0.25, 0.3) is 0 Å². The third-order valence-corrected chi connectivity index (χ3v) is 2.87. The number of benzene rings is 1. The van der Waals surface area contributed by atoms with E-state index in [4.69, 9.17) is 23.2 Å². The van der Waals surface area contributed by atoms with Crippen LogP contribution >= 0.6 is 35.0 Å². The Morgan fingerprint density at radius 2 is 2.00 bits per heavy atom. The van der Waals surface area contributed by atoms with Crippen molar-refractivity contribution in [2.45, 2.75) is 8.95 Å². The lowest BCUT2D eigenvalue weighted by Crippen LogP contribution is -1.94. The number of aromatic nitrogens is 1. The number of nitrogens with one attached hydrogen (secondary N) is 1. The molecule has 0 aliphatic carbocycles. The van der Waals surface area contributed by atoms with Crippen LogP contribution in [0.25, 0.3) is 10.9 Å². The molecule has 2 rings (SSSR count). The van der Waals surface area contributed by atoms with Gasteiger partial charge in [-0.1, -0.05) is 41.4 Å². The first kappa shape index (κ1) is 10.1. The van der Waals surface area contributed by atoms with Crippen LogP contribution in [0.15, 0.2) is 35.4 Å². The van der Waals surface area contributed by atoms with E-state index in [-0.39, 0.29) is 0 Å². The lowest BCUT2D eigenvalue weighted by atomic mass is 10.3. The van der Waals surface area contributed by atoms with Gasteiger partial charge < -0.3 is 4.98 Å². The molecular weight excluding hydrogens is 244 g/mol. The second-order valence-corrected chi connectivity index (χ2v) is 5.66. The van der Waals surface area contributed by atoms with Crippen molar-refractivity contribution >= 4 is 45.9 Å². The highest BCUT2D eigenvalue weighted by Gasteiger charge is 2.24. The quantitative estimate of drug-likeness (QED) is 0.620. The zero-order chi connectivity index (χ0) is 10.2. The molecule has 0 unspecified atom stereocenters. The van der Waals surface area contributed by atoms with Crippen LogP contribution in [-0.4, -0.2) is 8.90 Å². The Bertz CT molecular complexity index is 416. The highest BCUT2D eigenvalue weighted by Crippen LogP contribution is 2.41. The van der Waals surface area contributed by atoms with Crippen molar-refractivity contribution < 1.29 is 4.39 Å². The summed E-state index contributed by atoms with van der Waals surface area (Å²) in [7, 11) is 0. The van der Waals surface area contributed by atoms with Crippen molar-refractivity contribution in [3.63, 3.8) is 0 Å². The molecule has 1 heterocycles. The van der Waals surface area contributed by atoms with Gasteiger partial charge in [-0.15, -0.1) is 0 Å². The average Bonchev–Trinajstić information content (AvgIpc) is 2.42. The van der Waals surface area contributed by atoms with Gasteiger partial charge in [-0.3, -0.25) is 0 Å². The fourth-order valence-electron chi connectivity index (χ4n) is 1.23. The molecule has 5 heteroatoms. The van der Waals surface area contributed by atoms with Crippen molar-refractivity contribution in [1.82, 2.24) is 4.98 Å². The van der Waals surface area contributed by atoms with Crippen LogP contribution in [0, 0.1) is 0 Å². The van der Waals surface area contributed by atoms with E-state index in [0.29, 0.717) is 5.03 Å². The summed E-state index contributed by atoms with van der Waals surface area (Å²) in [5.74, 6) is 0. The monoisotopic (exact) mass is 249 g/mol. The fourth-order valence-corrected chi connectivity index (χ4v) is 2.32. The van der Waals surface area contributed by atoms with Crippen molar-refractivity contribution in [3.8, 4) is 0 Å². The molecule has 0 saturated carbocycles. The van der Waals surface area contributed by atoms with Gasteiger partial charge in [-0.25, -0.2) is 0 Å². The third kappa shape index (κ3) is 2.35. The minimum atomic E-state index is -2.29. The van der Waals surface area contributed by atoms with E-state index in [2.05, 4.69) is 4.98 Å². The minimum absolute atomic E-state index is 0.610. The first-order valence-electron chi connectivity index (χ1n) is 3.88. The molecule has 1 aromatic heterocycles. The van der Waals surface area contributed by atoms with E-state index >= 15 is 0 Å². The van der Waals surface area contributed by atoms with Gasteiger partial charge >= 0.3 is 3.92 Å². The van der Waals surface area contributed by atoms with Crippen LogP contribution in [-0.2, 0) is 0 Å². The van der Waals surface area contributed by atoms with Gasteiger partial charge in [0.2, 0.25) is 0 Å². The summed E-state index contributed by atoms with van der Waals surface area (Å²) in [5.41, 5.74) is 0.938. The van der Waals surface area contributed by atoms with Gasteiger partial charge in [0.05, 0.1) is 5.03 Å². The van der Waals surface area contributed by atoms with E-state index < -0.39 is 3.92 Å². The predicted molar refractivity (Wildman–Crippen MR) is 59.7 cm³/mol. The molecule has 0 spiro atoms. The number of halogens is 3. The lowest BCUT2D eigenvalue weighted by Gasteiger charge is -2.05. The molecule has 0 radical (unpaired) electrons. The zero-order valence-electron chi connectivity index (χ0n) is 6.93. The van der Waals surface area contributed by atoms with Gasteiger partial charge in [0.1, 0.15) is 0 Å². The number of para-hydroxylation sites is 1. The standard InChI is InChI=1S/C9H6Cl2FNS/c10-9(11,12)14-8-5-6-3-1-2-4-7(6)13-8/h1-5,13H. The summed E-state index contributed by atoms with van der Waals surface area (Å²) < 4.78 is 10.6. The number of thioether (sulfide) groups is 1. The Balaban J connectivity index is 2.36. The van der Waals surface area contributed by atoms with Crippen molar-refractivity contribution in [2.24, 2.45) is 0 Å². The van der Waals surface area contributed by atoms with Crippen molar-refractivity contribution in [3.05, 3.63) is 30.3 Å². The fraction of sp³-hybridized carbons (Fsp3) is 0.111. The molecule has 1 nitrogen and oxygen atoms in total. The van der Waals surface area contributed by atoms with Crippen LogP contribution < -0.4 is 0 Å². The molecule has 2 aromatic rings. The average molecular weight is 250 g/mol. The van der Waals surface area contributed by atoms with Crippen LogP contribution in [0.5, 0.6) is 0 Å². The van der Waals surface area contributed by atoms with Crippen LogP contribution in [0.4, 0.5) is 4.39 Å². The van der Waals surface area contributed by atoms with Crippen molar-refractivity contribution in [2.75, 3.05) is 0 Å². The largest absolute Gasteiger partial charge is 0.350 e. The van der Waals surface area contributed by atoms with E-state index in [1.807, 2.05) is 24.3 Å². The van der Waals surface area contributed by atoms with Gasteiger partial charge in [-0.2, -0.15) is 4.39 Å². The molecule has 0 atom stereocenters. The van der Waals surface area contributed by atoms with Crippen LogP contribution in [0.3, 0.4) is 0 Å². The zero-order valence-corrected chi connectivity index (χ0v) is 9.26. The van der Waals surface area contributed by atoms with E-state index in [0.717, 1.165) is 22.7 Å². The molecule has 0 amide bonds. The number of H-pyrrole nitrogens is 1. The second kappa shape index (κ2) is 3.65. The molecule has 0 saturated heterocycles. The Morgan fingerprint density at radius 3 is 2.64 bits per heavy atom. The molecule has 1 N–H and O–H groups in total. The summed E-state index contributed by atoms with van der Waals surface area (Å²) in [4.78, 5) is 3.01. The number of rotatable bonds is 2.